The van der Waals surface area contributed by atoms with Crippen molar-refractivity contribution in [2.24, 2.45) is 0 Å². The van der Waals surface area contributed by atoms with Crippen molar-refractivity contribution in [3.8, 4) is 5.75 Å². The van der Waals surface area contributed by atoms with Gasteiger partial charge in [0.25, 0.3) is 15.9 Å². The molecule has 8 heteroatoms. The predicted octanol–water partition coefficient (Wildman–Crippen LogP) is 2.79. The van der Waals surface area contributed by atoms with Crippen molar-refractivity contribution in [2.75, 3.05) is 25.0 Å². The Morgan fingerprint density at radius 3 is 2.46 bits per heavy atom. The monoisotopic (exact) mass is 404 g/mol. The van der Waals surface area contributed by atoms with Crippen molar-refractivity contribution in [1.82, 2.24) is 5.32 Å². The number of hydrogen-bond donors (Lipinski definition) is 2. The molecule has 7 nitrogen and oxygen atoms in total. The SMILES string of the molecule is COc1ccc(NS(=O)(=O)c2ccc(C(=O)NCCC3CCCO3)cc2)cc1. The fourth-order valence-corrected chi connectivity index (χ4v) is 4.04. The summed E-state index contributed by atoms with van der Waals surface area (Å²) in [4.78, 5) is 12.3. The molecule has 0 aromatic heterocycles. The first-order chi connectivity index (χ1) is 13.5. The minimum absolute atomic E-state index is 0.0826. The number of benzene rings is 2. The van der Waals surface area contributed by atoms with Gasteiger partial charge in [0.2, 0.25) is 0 Å². The van der Waals surface area contributed by atoms with E-state index in [4.69, 9.17) is 9.47 Å². The summed E-state index contributed by atoms with van der Waals surface area (Å²) < 4.78 is 38.1. The summed E-state index contributed by atoms with van der Waals surface area (Å²) in [5.74, 6) is 0.405. The van der Waals surface area contributed by atoms with Gasteiger partial charge in [-0.3, -0.25) is 9.52 Å². The molecule has 0 spiro atoms. The summed E-state index contributed by atoms with van der Waals surface area (Å²) in [6, 6.07) is 12.4. The van der Waals surface area contributed by atoms with E-state index in [9.17, 15) is 13.2 Å². The summed E-state index contributed by atoms with van der Waals surface area (Å²) in [5.41, 5.74) is 0.840. The molecular weight excluding hydrogens is 380 g/mol. The maximum Gasteiger partial charge on any atom is 0.261 e. The van der Waals surface area contributed by atoms with Crippen LogP contribution in [0, 0.1) is 0 Å². The Morgan fingerprint density at radius 1 is 1.14 bits per heavy atom. The second-order valence-electron chi connectivity index (χ2n) is 6.54. The van der Waals surface area contributed by atoms with E-state index >= 15 is 0 Å². The van der Waals surface area contributed by atoms with Crippen LogP contribution in [0.15, 0.2) is 53.4 Å². The molecule has 0 aliphatic carbocycles. The molecule has 2 aromatic carbocycles. The molecule has 1 heterocycles. The molecule has 0 radical (unpaired) electrons. The third-order valence-corrected chi connectivity index (χ3v) is 5.94. The van der Waals surface area contributed by atoms with Crippen molar-refractivity contribution in [3.05, 3.63) is 54.1 Å². The van der Waals surface area contributed by atoms with Crippen LogP contribution in [0.5, 0.6) is 5.75 Å². The number of carbonyl (C=O) groups excluding carboxylic acids is 1. The Balaban J connectivity index is 1.57. The van der Waals surface area contributed by atoms with Gasteiger partial charge in [0.1, 0.15) is 5.75 Å². The zero-order chi connectivity index (χ0) is 20.0. The van der Waals surface area contributed by atoms with Crippen molar-refractivity contribution in [3.63, 3.8) is 0 Å². The highest BCUT2D eigenvalue weighted by molar-refractivity contribution is 7.92. The highest BCUT2D eigenvalue weighted by Gasteiger charge is 2.17. The third-order valence-electron chi connectivity index (χ3n) is 4.54. The van der Waals surface area contributed by atoms with Gasteiger partial charge in [0.15, 0.2) is 0 Å². The molecule has 1 amide bonds. The first kappa shape index (κ1) is 20.2. The lowest BCUT2D eigenvalue weighted by Gasteiger charge is -2.11. The second-order valence-corrected chi connectivity index (χ2v) is 8.22. The highest BCUT2D eigenvalue weighted by Crippen LogP contribution is 2.20. The largest absolute Gasteiger partial charge is 0.497 e. The zero-order valence-corrected chi connectivity index (χ0v) is 16.5. The summed E-state index contributed by atoms with van der Waals surface area (Å²) in [6.45, 7) is 1.32. The molecule has 1 aliphatic rings. The Labute approximate surface area is 165 Å². The summed E-state index contributed by atoms with van der Waals surface area (Å²) in [7, 11) is -2.20. The molecule has 2 N–H and O–H groups in total. The van der Waals surface area contributed by atoms with E-state index in [1.54, 1.807) is 31.4 Å². The lowest BCUT2D eigenvalue weighted by atomic mass is 10.1. The van der Waals surface area contributed by atoms with E-state index in [0.29, 0.717) is 23.5 Å². The van der Waals surface area contributed by atoms with Crippen LogP contribution in [0.3, 0.4) is 0 Å². The van der Waals surface area contributed by atoms with E-state index in [-0.39, 0.29) is 16.9 Å². The molecule has 0 bridgehead atoms. The van der Waals surface area contributed by atoms with Crippen LogP contribution >= 0.6 is 0 Å². The van der Waals surface area contributed by atoms with Gasteiger partial charge in [-0.1, -0.05) is 0 Å². The number of nitrogens with one attached hydrogen (secondary N) is 2. The molecule has 3 rings (SSSR count). The number of anilines is 1. The van der Waals surface area contributed by atoms with Gasteiger partial charge in [0, 0.05) is 24.4 Å². The molecule has 28 heavy (non-hydrogen) atoms. The molecule has 150 valence electrons. The average Bonchev–Trinajstić information content (AvgIpc) is 3.22. The summed E-state index contributed by atoms with van der Waals surface area (Å²) in [5, 5.41) is 2.84. The van der Waals surface area contributed by atoms with Crippen LogP contribution in [0.25, 0.3) is 0 Å². The molecule has 1 aliphatic heterocycles. The van der Waals surface area contributed by atoms with Gasteiger partial charge in [-0.2, -0.15) is 0 Å². The maximum atomic E-state index is 12.5. The van der Waals surface area contributed by atoms with E-state index in [1.165, 1.54) is 24.3 Å². The van der Waals surface area contributed by atoms with Crippen LogP contribution in [-0.4, -0.2) is 40.7 Å². The number of methoxy groups -OCH3 is 1. The standard InChI is InChI=1S/C20H24N2O5S/c1-26-17-8-6-16(7-9-17)22-28(24,25)19-10-4-15(5-11-19)20(23)21-13-12-18-3-2-14-27-18/h4-11,18,22H,2-3,12-14H2,1H3,(H,21,23). The molecule has 1 saturated heterocycles. The van der Waals surface area contributed by atoms with Gasteiger partial charge in [-0.05, 0) is 67.8 Å². The number of rotatable bonds is 8. The number of hydrogen-bond acceptors (Lipinski definition) is 5. The smallest absolute Gasteiger partial charge is 0.261 e. The predicted molar refractivity (Wildman–Crippen MR) is 106 cm³/mol. The Kier molecular flexibility index (Phi) is 6.53. The molecule has 0 saturated carbocycles. The zero-order valence-electron chi connectivity index (χ0n) is 15.7. The molecule has 1 unspecified atom stereocenters. The van der Waals surface area contributed by atoms with Crippen molar-refractivity contribution >= 4 is 21.6 Å². The van der Waals surface area contributed by atoms with Gasteiger partial charge in [0.05, 0.1) is 18.1 Å². The minimum atomic E-state index is -3.74. The maximum absolute atomic E-state index is 12.5. The number of ether oxygens (including phenoxy) is 2. The first-order valence-corrected chi connectivity index (χ1v) is 10.6. The van der Waals surface area contributed by atoms with Crippen LogP contribution in [0.4, 0.5) is 5.69 Å². The van der Waals surface area contributed by atoms with Crippen LogP contribution in [0.1, 0.15) is 29.6 Å². The Morgan fingerprint density at radius 2 is 1.86 bits per heavy atom. The normalized spacial score (nSPS) is 16.5. The van der Waals surface area contributed by atoms with E-state index < -0.39 is 10.0 Å². The summed E-state index contributed by atoms with van der Waals surface area (Å²) in [6.07, 6.45) is 3.10. The number of carbonyl (C=O) groups is 1. The van der Waals surface area contributed by atoms with Crippen LogP contribution < -0.4 is 14.8 Å². The number of sulfonamides is 1. The first-order valence-electron chi connectivity index (χ1n) is 9.15. The van der Waals surface area contributed by atoms with Crippen molar-refractivity contribution in [1.29, 1.82) is 0 Å². The third kappa shape index (κ3) is 5.24. The summed E-state index contributed by atoms with van der Waals surface area (Å²) >= 11 is 0. The van der Waals surface area contributed by atoms with Gasteiger partial charge >= 0.3 is 0 Å². The van der Waals surface area contributed by atoms with E-state index in [0.717, 1.165) is 25.9 Å². The van der Waals surface area contributed by atoms with E-state index in [2.05, 4.69) is 10.0 Å². The van der Waals surface area contributed by atoms with Gasteiger partial charge < -0.3 is 14.8 Å². The number of amides is 1. The quantitative estimate of drug-likeness (QED) is 0.706. The van der Waals surface area contributed by atoms with Crippen molar-refractivity contribution < 1.29 is 22.7 Å². The van der Waals surface area contributed by atoms with Gasteiger partial charge in [-0.15, -0.1) is 0 Å². The highest BCUT2D eigenvalue weighted by atomic mass is 32.2. The molecular formula is C20H24N2O5S. The molecule has 2 aromatic rings. The fraction of sp³-hybridized carbons (Fsp3) is 0.350. The fourth-order valence-electron chi connectivity index (χ4n) is 2.98. The van der Waals surface area contributed by atoms with Crippen LogP contribution in [-0.2, 0) is 14.8 Å². The topological polar surface area (TPSA) is 93.7 Å². The lowest BCUT2D eigenvalue weighted by molar-refractivity contribution is 0.0907. The Hall–Kier alpha value is -2.58. The molecule has 1 fully saturated rings. The van der Waals surface area contributed by atoms with Crippen LogP contribution in [0.2, 0.25) is 0 Å². The lowest BCUT2D eigenvalue weighted by Crippen LogP contribution is -2.27. The average molecular weight is 404 g/mol. The van der Waals surface area contributed by atoms with Gasteiger partial charge in [-0.25, -0.2) is 8.42 Å². The minimum Gasteiger partial charge on any atom is -0.497 e. The van der Waals surface area contributed by atoms with Crippen molar-refractivity contribution in [2.45, 2.75) is 30.3 Å². The molecule has 1 atom stereocenters. The van der Waals surface area contributed by atoms with E-state index in [1.807, 2.05) is 0 Å². The Bertz CT molecular complexity index is 889. The second kappa shape index (κ2) is 9.07.